The molecule has 1 aliphatic rings. The Morgan fingerprint density at radius 1 is 1.24 bits per heavy atom. The van der Waals surface area contributed by atoms with Gasteiger partial charge < -0.3 is 35.3 Å². The maximum absolute atomic E-state index is 12.5. The van der Waals surface area contributed by atoms with Gasteiger partial charge in [-0.2, -0.15) is 0 Å². The molecule has 4 N–H and O–H groups in total. The number of aromatic nitrogens is 3. The number of nitrogens with zero attached hydrogens (tertiary/aromatic N) is 3. The molecule has 0 spiro atoms. The zero-order chi connectivity index (χ0) is 23.4. The van der Waals surface area contributed by atoms with Crippen LogP contribution in [0.3, 0.4) is 0 Å². The zero-order valence-electron chi connectivity index (χ0n) is 18.5. The third kappa shape index (κ3) is 6.19. The Balaban J connectivity index is 0.00000385. The van der Waals surface area contributed by atoms with Crippen LogP contribution in [0.15, 0.2) is 48.4 Å². The molecule has 0 saturated heterocycles. The molecule has 0 aliphatic carbocycles. The predicted molar refractivity (Wildman–Crippen MR) is 108 cm³/mol. The molecule has 2 heterocycles. The molecular formula is C21H25N4NaO7. The molecule has 11 nitrogen and oxygen atoms in total. The Morgan fingerprint density at radius 2 is 1.91 bits per heavy atom. The first-order valence-electron chi connectivity index (χ1n) is 10.1. The third-order valence-electron chi connectivity index (χ3n) is 5.14. The van der Waals surface area contributed by atoms with Crippen LogP contribution >= 0.6 is 0 Å². The van der Waals surface area contributed by atoms with Crippen LogP contribution in [0.1, 0.15) is 19.9 Å². The van der Waals surface area contributed by atoms with Crippen molar-refractivity contribution in [3.63, 3.8) is 0 Å². The maximum atomic E-state index is 12.5. The number of benzene rings is 1. The van der Waals surface area contributed by atoms with E-state index in [1.807, 2.05) is 30.3 Å². The Morgan fingerprint density at radius 3 is 2.48 bits per heavy atom. The van der Waals surface area contributed by atoms with Crippen molar-refractivity contribution in [3.8, 4) is 11.3 Å². The summed E-state index contributed by atoms with van der Waals surface area (Å²) in [4.78, 5) is 24.1. The number of rotatable bonds is 8. The smallest absolute Gasteiger partial charge is 0.542 e. The van der Waals surface area contributed by atoms with Gasteiger partial charge in [-0.25, -0.2) is 4.68 Å². The Kier molecular flexibility index (Phi) is 9.58. The third-order valence-corrected chi connectivity index (χ3v) is 5.14. The van der Waals surface area contributed by atoms with E-state index in [9.17, 15) is 30.0 Å². The summed E-state index contributed by atoms with van der Waals surface area (Å²) in [5, 5.41) is 52.3. The van der Waals surface area contributed by atoms with Crippen molar-refractivity contribution in [2.75, 3.05) is 6.61 Å². The van der Waals surface area contributed by atoms with Gasteiger partial charge in [0, 0.05) is 11.5 Å². The fourth-order valence-electron chi connectivity index (χ4n) is 3.34. The molecule has 5 atom stereocenters. The minimum atomic E-state index is -1.72. The summed E-state index contributed by atoms with van der Waals surface area (Å²) >= 11 is 0. The summed E-state index contributed by atoms with van der Waals surface area (Å²) in [6.45, 7) is 2.52. The first kappa shape index (κ1) is 27.0. The fraction of sp³-hybridized carbons (Fsp3) is 0.429. The Hall–Kier alpha value is -2.28. The molecule has 0 radical (unpaired) electrons. The van der Waals surface area contributed by atoms with Crippen LogP contribution in [0.4, 0.5) is 0 Å². The number of aliphatic hydroxyl groups excluding tert-OH is 3. The maximum Gasteiger partial charge on any atom is 1.00 e. The number of carbonyl (C=O) groups excluding carboxylic acids is 2. The SMILES string of the molecule is CC(C)C(=O)N[C@H]1[C@H]([C@H](O)[C@H](O)CO)OC(C(=O)[O-])=C[C@@H]1n1cc(-c2ccccc2)nn1.[Na+]. The molecule has 0 fully saturated rings. The van der Waals surface area contributed by atoms with Crippen molar-refractivity contribution < 1.29 is 64.3 Å². The number of amides is 1. The molecule has 172 valence electrons. The molecule has 1 aromatic heterocycles. The van der Waals surface area contributed by atoms with Gasteiger partial charge in [0.1, 0.15) is 35.7 Å². The summed E-state index contributed by atoms with van der Waals surface area (Å²) in [5.41, 5.74) is 1.27. The van der Waals surface area contributed by atoms with Gasteiger partial charge in [-0.1, -0.05) is 49.4 Å². The molecule has 1 aromatic carbocycles. The fourth-order valence-corrected chi connectivity index (χ4v) is 3.34. The molecule has 1 amide bonds. The van der Waals surface area contributed by atoms with Gasteiger partial charge in [0.25, 0.3) is 0 Å². The van der Waals surface area contributed by atoms with E-state index in [0.717, 1.165) is 5.56 Å². The van der Waals surface area contributed by atoms with E-state index in [4.69, 9.17) is 4.74 Å². The summed E-state index contributed by atoms with van der Waals surface area (Å²) in [6.07, 6.45) is -2.03. The quantitative estimate of drug-likeness (QED) is 0.278. The minimum absolute atomic E-state index is 0. The van der Waals surface area contributed by atoms with E-state index in [1.54, 1.807) is 20.0 Å². The van der Waals surface area contributed by atoms with Gasteiger partial charge in [-0.3, -0.25) is 4.79 Å². The topological polar surface area (TPSA) is 170 Å². The molecule has 0 unspecified atom stereocenters. The first-order chi connectivity index (χ1) is 15.2. The number of hydrogen-bond donors (Lipinski definition) is 4. The average molecular weight is 468 g/mol. The number of hydrogen-bond acceptors (Lipinski definition) is 9. The van der Waals surface area contributed by atoms with E-state index < -0.39 is 60.6 Å². The van der Waals surface area contributed by atoms with E-state index in [-0.39, 0.29) is 29.6 Å². The van der Waals surface area contributed by atoms with Gasteiger partial charge in [-0.15, -0.1) is 5.10 Å². The van der Waals surface area contributed by atoms with Crippen molar-refractivity contribution in [1.82, 2.24) is 20.3 Å². The predicted octanol–water partition coefficient (Wildman–Crippen LogP) is -4.62. The van der Waals surface area contributed by atoms with Gasteiger partial charge in [-0.05, 0) is 6.08 Å². The van der Waals surface area contributed by atoms with Crippen molar-refractivity contribution >= 4 is 11.9 Å². The summed E-state index contributed by atoms with van der Waals surface area (Å²) in [6, 6.07) is 7.14. The van der Waals surface area contributed by atoms with Crippen LogP contribution in [-0.2, 0) is 14.3 Å². The van der Waals surface area contributed by atoms with Crippen LogP contribution in [0.5, 0.6) is 0 Å². The molecule has 1 aliphatic heterocycles. The van der Waals surface area contributed by atoms with Crippen LogP contribution in [0.2, 0.25) is 0 Å². The second-order valence-electron chi connectivity index (χ2n) is 7.77. The Bertz CT molecular complexity index is 982. The molecule has 12 heteroatoms. The van der Waals surface area contributed by atoms with Gasteiger partial charge in [0.15, 0.2) is 0 Å². The number of ether oxygens (including phenoxy) is 1. The second kappa shape index (κ2) is 11.7. The molecule has 33 heavy (non-hydrogen) atoms. The summed E-state index contributed by atoms with van der Waals surface area (Å²) in [5.74, 6) is -3.08. The van der Waals surface area contributed by atoms with E-state index in [2.05, 4.69) is 15.6 Å². The number of carboxylic acids is 1. The summed E-state index contributed by atoms with van der Waals surface area (Å²) in [7, 11) is 0. The molecule has 0 bridgehead atoms. The number of carbonyl (C=O) groups is 2. The zero-order valence-corrected chi connectivity index (χ0v) is 20.5. The minimum Gasteiger partial charge on any atom is -0.542 e. The normalized spacial score (nSPS) is 21.9. The summed E-state index contributed by atoms with van der Waals surface area (Å²) < 4.78 is 6.71. The van der Waals surface area contributed by atoms with Gasteiger partial charge >= 0.3 is 29.6 Å². The average Bonchev–Trinajstić information content (AvgIpc) is 3.28. The Labute approximate surface area is 212 Å². The number of nitrogens with one attached hydrogen (secondary N) is 1. The van der Waals surface area contributed by atoms with E-state index in [1.165, 1.54) is 10.8 Å². The first-order valence-corrected chi connectivity index (χ1v) is 10.1. The van der Waals surface area contributed by atoms with E-state index >= 15 is 0 Å². The van der Waals surface area contributed by atoms with Crippen molar-refractivity contribution in [2.24, 2.45) is 5.92 Å². The van der Waals surface area contributed by atoms with E-state index in [0.29, 0.717) is 5.69 Å². The largest absolute Gasteiger partial charge is 1.00 e. The number of carboxylic acid groups (broad SMARTS) is 1. The van der Waals surface area contributed by atoms with Gasteiger partial charge in [0.2, 0.25) is 5.91 Å². The van der Waals surface area contributed by atoms with Crippen LogP contribution in [0, 0.1) is 5.92 Å². The molecular weight excluding hydrogens is 443 g/mol. The molecule has 3 rings (SSSR count). The monoisotopic (exact) mass is 468 g/mol. The molecule has 2 aromatic rings. The van der Waals surface area contributed by atoms with Crippen molar-refractivity contribution in [3.05, 3.63) is 48.4 Å². The number of aliphatic carboxylic acids is 1. The van der Waals surface area contributed by atoms with Crippen LogP contribution < -0.4 is 40.0 Å². The van der Waals surface area contributed by atoms with Crippen LogP contribution in [0.25, 0.3) is 11.3 Å². The standard InChI is InChI=1S/C21H26N4O7.Na/c1-11(2)20(29)22-17-14(25-9-13(23-24-25)12-6-4-3-5-7-12)8-16(21(30)31)32-19(17)18(28)15(27)10-26;/h3-9,11,14-15,17-19,26-28H,10H2,1-2H3,(H,22,29)(H,30,31);/q;+1/p-1/t14-,15+,17+,18+,19+;/m0./s1. The van der Waals surface area contributed by atoms with Crippen LogP contribution in [-0.4, -0.2) is 73.2 Å². The van der Waals surface area contributed by atoms with Crippen molar-refractivity contribution in [2.45, 2.75) is 44.2 Å². The van der Waals surface area contributed by atoms with Gasteiger partial charge in [0.05, 0.1) is 24.9 Å². The number of aliphatic hydroxyl groups is 3. The second-order valence-corrected chi connectivity index (χ2v) is 7.77. The molecule has 0 saturated carbocycles. The van der Waals surface area contributed by atoms with Crippen molar-refractivity contribution in [1.29, 1.82) is 0 Å².